The third-order valence-electron chi connectivity index (χ3n) is 7.40. The molecule has 2 aliphatic rings. The van der Waals surface area contributed by atoms with E-state index in [1.165, 1.54) is 44.4 Å². The predicted octanol–water partition coefficient (Wildman–Crippen LogP) is 2.88. The lowest BCUT2D eigenvalue weighted by Gasteiger charge is -2.41. The molecule has 0 aromatic heterocycles. The normalized spacial score (nSPS) is 23.5. The second-order valence-electron chi connectivity index (χ2n) is 9.84. The van der Waals surface area contributed by atoms with Gasteiger partial charge in [0.2, 0.25) is 20.0 Å². The summed E-state index contributed by atoms with van der Waals surface area (Å²) in [6.07, 6.45) is 4.44. The minimum absolute atomic E-state index is 0.0208. The number of likely N-dealkylation sites (N-methyl/N-ethyl adjacent to an activating group) is 1. The number of nitrogens with zero attached hydrogens (tertiary/aromatic N) is 3. The van der Waals surface area contributed by atoms with Gasteiger partial charge in [0.1, 0.15) is 5.82 Å². The van der Waals surface area contributed by atoms with Crippen LogP contribution < -0.4 is 9.62 Å². The summed E-state index contributed by atoms with van der Waals surface area (Å²) in [5.41, 5.74) is 0.606. The minimum atomic E-state index is -3.84. The van der Waals surface area contributed by atoms with Gasteiger partial charge in [0.25, 0.3) is 0 Å². The number of rotatable bonds is 8. The summed E-state index contributed by atoms with van der Waals surface area (Å²) >= 11 is 0. The molecule has 2 fully saturated rings. The molecular formula is C25H35FN4O4S2. The average Bonchev–Trinajstić information content (AvgIpc) is 3.34. The molecule has 1 aliphatic carbocycles. The van der Waals surface area contributed by atoms with Gasteiger partial charge in [-0.05, 0) is 62.7 Å². The lowest BCUT2D eigenvalue weighted by molar-refractivity contribution is 0.123. The van der Waals surface area contributed by atoms with Crippen LogP contribution >= 0.6 is 0 Å². The Bertz CT molecular complexity index is 1270. The Labute approximate surface area is 214 Å². The summed E-state index contributed by atoms with van der Waals surface area (Å²) in [6.45, 7) is 1.44. The molecule has 36 heavy (non-hydrogen) atoms. The maximum atomic E-state index is 14.3. The van der Waals surface area contributed by atoms with Crippen molar-refractivity contribution in [2.45, 2.75) is 60.0 Å². The molecule has 3 atom stereocenters. The topological polar surface area (TPSA) is 90.0 Å². The smallest absolute Gasteiger partial charge is 0.242 e. The van der Waals surface area contributed by atoms with E-state index in [2.05, 4.69) is 14.5 Å². The first-order valence-electron chi connectivity index (χ1n) is 12.3. The standard InChI is InChI=1S/C25H35FN4O4S2/c1-28(2)36(33,34)21-14-12-20(13-15-21)35(31,32)27-23-9-5-7-11-25(23)29(3)19-16-17-30(18-19)24-10-6-4-8-22(24)26/h4,6,8,10,12-15,19,23,25,27H,5,7,9,11,16-18H2,1-3H3/t19?,23-,25-/m0/s1. The van der Waals surface area contributed by atoms with E-state index in [1.54, 1.807) is 12.1 Å². The van der Waals surface area contributed by atoms with Gasteiger partial charge in [0, 0.05) is 45.3 Å². The molecule has 4 rings (SSSR count). The zero-order valence-corrected chi connectivity index (χ0v) is 22.6. The lowest BCUT2D eigenvalue weighted by Crippen LogP contribution is -2.55. The van der Waals surface area contributed by atoms with Crippen molar-refractivity contribution >= 4 is 25.7 Å². The molecule has 0 bridgehead atoms. The Morgan fingerprint density at radius 1 is 0.889 bits per heavy atom. The summed E-state index contributed by atoms with van der Waals surface area (Å²) in [4.78, 5) is 4.41. The van der Waals surface area contributed by atoms with Gasteiger partial charge in [-0.2, -0.15) is 0 Å². The van der Waals surface area contributed by atoms with Gasteiger partial charge in [-0.15, -0.1) is 0 Å². The van der Waals surface area contributed by atoms with Crippen LogP contribution in [0.25, 0.3) is 0 Å². The van der Waals surface area contributed by atoms with Crippen molar-refractivity contribution in [3.8, 4) is 0 Å². The average molecular weight is 539 g/mol. The summed E-state index contributed by atoms with van der Waals surface area (Å²) < 4.78 is 69.4. The summed E-state index contributed by atoms with van der Waals surface area (Å²) in [5, 5.41) is 0. The van der Waals surface area contributed by atoms with Gasteiger partial charge in [0.05, 0.1) is 15.5 Å². The van der Waals surface area contributed by atoms with Crippen molar-refractivity contribution in [3.05, 3.63) is 54.3 Å². The van der Waals surface area contributed by atoms with E-state index in [-0.39, 0.29) is 33.7 Å². The second kappa shape index (κ2) is 10.7. The number of para-hydroxylation sites is 1. The Balaban J connectivity index is 1.46. The van der Waals surface area contributed by atoms with Crippen molar-refractivity contribution in [1.82, 2.24) is 13.9 Å². The number of hydrogen-bond acceptors (Lipinski definition) is 6. The largest absolute Gasteiger partial charge is 0.368 e. The van der Waals surface area contributed by atoms with E-state index in [9.17, 15) is 21.2 Å². The van der Waals surface area contributed by atoms with Crippen molar-refractivity contribution < 1.29 is 21.2 Å². The molecule has 1 aliphatic heterocycles. The molecule has 8 nitrogen and oxygen atoms in total. The molecule has 1 N–H and O–H groups in total. The molecule has 1 saturated carbocycles. The van der Waals surface area contributed by atoms with Gasteiger partial charge >= 0.3 is 0 Å². The van der Waals surface area contributed by atoms with Crippen LogP contribution in [-0.2, 0) is 20.0 Å². The Hall–Kier alpha value is -2.05. The fourth-order valence-electron chi connectivity index (χ4n) is 5.28. The number of sulfonamides is 2. The molecule has 0 amide bonds. The zero-order valence-electron chi connectivity index (χ0n) is 21.0. The Morgan fingerprint density at radius 3 is 2.19 bits per heavy atom. The fourth-order valence-corrected chi connectivity index (χ4v) is 7.48. The van der Waals surface area contributed by atoms with Crippen LogP contribution in [0.4, 0.5) is 10.1 Å². The van der Waals surface area contributed by atoms with Crippen molar-refractivity contribution in [1.29, 1.82) is 0 Å². The van der Waals surface area contributed by atoms with Gasteiger partial charge < -0.3 is 4.90 Å². The highest BCUT2D eigenvalue weighted by Crippen LogP contribution is 2.30. The van der Waals surface area contributed by atoms with Crippen molar-refractivity contribution in [2.24, 2.45) is 0 Å². The number of halogens is 1. The maximum absolute atomic E-state index is 14.3. The first-order valence-corrected chi connectivity index (χ1v) is 15.2. The monoisotopic (exact) mass is 538 g/mol. The van der Waals surface area contributed by atoms with Crippen molar-refractivity contribution in [2.75, 3.05) is 39.1 Å². The molecule has 2 aromatic carbocycles. The van der Waals surface area contributed by atoms with Crippen LogP contribution in [0.2, 0.25) is 0 Å². The highest BCUT2D eigenvalue weighted by Gasteiger charge is 2.37. The number of nitrogens with one attached hydrogen (secondary N) is 1. The number of hydrogen-bond donors (Lipinski definition) is 1. The van der Waals surface area contributed by atoms with E-state index < -0.39 is 20.0 Å². The molecule has 198 valence electrons. The minimum Gasteiger partial charge on any atom is -0.368 e. The zero-order chi connectivity index (χ0) is 26.1. The highest BCUT2D eigenvalue weighted by atomic mass is 32.2. The maximum Gasteiger partial charge on any atom is 0.242 e. The first kappa shape index (κ1) is 27.0. The molecular weight excluding hydrogens is 503 g/mol. The number of benzene rings is 2. The Kier molecular flexibility index (Phi) is 8.06. The summed E-state index contributed by atoms with van der Waals surface area (Å²) in [7, 11) is -2.58. The van der Waals surface area contributed by atoms with Gasteiger partial charge in [-0.1, -0.05) is 25.0 Å². The quantitative estimate of drug-likeness (QED) is 0.556. The van der Waals surface area contributed by atoms with Crippen LogP contribution in [-0.4, -0.2) is 78.4 Å². The van der Waals surface area contributed by atoms with Gasteiger partial charge in [0.15, 0.2) is 0 Å². The molecule has 1 saturated heterocycles. The molecule has 1 heterocycles. The highest BCUT2D eigenvalue weighted by molar-refractivity contribution is 7.89. The van der Waals surface area contributed by atoms with Crippen molar-refractivity contribution in [3.63, 3.8) is 0 Å². The van der Waals surface area contributed by atoms with Crippen LogP contribution in [0.15, 0.2) is 58.3 Å². The first-order chi connectivity index (χ1) is 17.0. The van der Waals surface area contributed by atoms with Crippen LogP contribution in [0.3, 0.4) is 0 Å². The molecule has 0 radical (unpaired) electrons. The number of anilines is 1. The lowest BCUT2D eigenvalue weighted by atomic mass is 9.89. The predicted molar refractivity (Wildman–Crippen MR) is 138 cm³/mol. The van der Waals surface area contributed by atoms with E-state index in [0.717, 1.165) is 43.0 Å². The van der Waals surface area contributed by atoms with Gasteiger partial charge in [-0.3, -0.25) is 4.90 Å². The summed E-state index contributed by atoms with van der Waals surface area (Å²) in [5.74, 6) is -0.228. The molecule has 1 unspecified atom stereocenters. The summed E-state index contributed by atoms with van der Waals surface area (Å²) in [6, 6.07) is 12.1. The molecule has 0 spiro atoms. The van der Waals surface area contributed by atoms with E-state index >= 15 is 0 Å². The van der Waals surface area contributed by atoms with E-state index in [1.807, 2.05) is 13.1 Å². The molecule has 2 aromatic rings. The van der Waals surface area contributed by atoms with Crippen LogP contribution in [0, 0.1) is 5.82 Å². The molecule has 11 heteroatoms. The third-order valence-corrected chi connectivity index (χ3v) is 10.7. The SMILES string of the molecule is CN(C1CCN(c2ccccc2F)C1)[C@H]1CCCC[C@@H]1NS(=O)(=O)c1ccc(S(=O)(=O)N(C)C)cc1. The van der Waals surface area contributed by atoms with Gasteiger partial charge in [-0.25, -0.2) is 30.3 Å². The second-order valence-corrected chi connectivity index (χ2v) is 13.7. The van der Waals surface area contributed by atoms with E-state index in [4.69, 9.17) is 0 Å². The van der Waals surface area contributed by atoms with Crippen LogP contribution in [0.1, 0.15) is 32.1 Å². The van der Waals surface area contributed by atoms with Crippen LogP contribution in [0.5, 0.6) is 0 Å². The fraction of sp³-hybridized carbons (Fsp3) is 0.520. The Morgan fingerprint density at radius 2 is 1.53 bits per heavy atom. The van der Waals surface area contributed by atoms with E-state index in [0.29, 0.717) is 12.2 Å². The third kappa shape index (κ3) is 5.60.